The van der Waals surface area contributed by atoms with Crippen LogP contribution in [-0.2, 0) is 4.79 Å². The van der Waals surface area contributed by atoms with E-state index in [1.165, 1.54) is 25.7 Å². The number of fused-ring (bicyclic) bond motifs is 1. The van der Waals surface area contributed by atoms with Crippen molar-refractivity contribution in [2.75, 3.05) is 13.1 Å². The maximum atomic E-state index is 13.0. The number of carbonyl (C=O) groups is 1. The molecule has 1 aliphatic carbocycles. The van der Waals surface area contributed by atoms with Crippen molar-refractivity contribution in [3.63, 3.8) is 0 Å². The third-order valence-electron chi connectivity index (χ3n) is 5.56. The Morgan fingerprint density at radius 3 is 2.33 bits per heavy atom. The van der Waals surface area contributed by atoms with Gasteiger partial charge in [-0.1, -0.05) is 46.0 Å². The summed E-state index contributed by atoms with van der Waals surface area (Å²) in [6.45, 7) is 5.92. The number of piperidine rings is 1. The number of nitrogens with zero attached hydrogens (tertiary/aromatic N) is 2. The maximum Gasteiger partial charge on any atom is 0.243 e. The molecule has 2 rings (SSSR count). The van der Waals surface area contributed by atoms with Gasteiger partial charge in [0.2, 0.25) is 5.91 Å². The summed E-state index contributed by atoms with van der Waals surface area (Å²) in [6.07, 6.45) is 9.67. The predicted molar refractivity (Wildman–Crippen MR) is 84.5 cm³/mol. The number of rotatable bonds is 5. The van der Waals surface area contributed by atoms with Crippen molar-refractivity contribution in [2.45, 2.75) is 71.6 Å². The Labute approximate surface area is 129 Å². The van der Waals surface area contributed by atoms with Gasteiger partial charge >= 0.3 is 0 Å². The molecule has 0 aromatic rings. The fourth-order valence-corrected chi connectivity index (χ4v) is 4.44. The van der Waals surface area contributed by atoms with Gasteiger partial charge in [-0.05, 0) is 37.5 Å². The van der Waals surface area contributed by atoms with Crippen LogP contribution in [0.4, 0.5) is 0 Å². The lowest BCUT2D eigenvalue weighted by molar-refractivity contribution is -0.143. The van der Waals surface area contributed by atoms with E-state index >= 15 is 0 Å². The van der Waals surface area contributed by atoms with Crippen LogP contribution in [0.15, 0.2) is 0 Å². The Morgan fingerprint density at radius 1 is 1.14 bits per heavy atom. The zero-order valence-corrected chi connectivity index (χ0v) is 13.7. The summed E-state index contributed by atoms with van der Waals surface area (Å²) in [6, 6.07) is 2.40. The molecule has 0 aromatic carbocycles. The minimum Gasteiger partial charge on any atom is -0.341 e. The smallest absolute Gasteiger partial charge is 0.243 e. The molecule has 1 amide bonds. The predicted octanol–water partition coefficient (Wildman–Crippen LogP) is 4.14. The molecular weight excluding hydrogens is 260 g/mol. The van der Waals surface area contributed by atoms with E-state index in [0.717, 1.165) is 38.3 Å². The Kier molecular flexibility index (Phi) is 5.67. The van der Waals surface area contributed by atoms with E-state index in [9.17, 15) is 10.1 Å². The van der Waals surface area contributed by atoms with E-state index in [0.29, 0.717) is 18.8 Å². The first-order valence-electron chi connectivity index (χ1n) is 8.87. The molecule has 0 radical (unpaired) electrons. The van der Waals surface area contributed by atoms with Crippen LogP contribution < -0.4 is 0 Å². The molecule has 1 aliphatic heterocycles. The molecule has 0 spiro atoms. The molecule has 1 heterocycles. The van der Waals surface area contributed by atoms with Crippen LogP contribution >= 0.6 is 0 Å². The summed E-state index contributed by atoms with van der Waals surface area (Å²) in [5, 5.41) is 9.67. The molecular formula is C18H30N2O. The minimum atomic E-state index is -0.759. The van der Waals surface area contributed by atoms with Crippen molar-refractivity contribution in [1.29, 1.82) is 5.26 Å². The van der Waals surface area contributed by atoms with E-state index in [-0.39, 0.29) is 5.91 Å². The zero-order valence-electron chi connectivity index (χ0n) is 13.7. The number of amides is 1. The SMILES string of the molecule is CCCC(C#N)(CCC)C(=O)N1CCC2CCCCC2C1. The zero-order chi connectivity index (χ0) is 15.3. The summed E-state index contributed by atoms with van der Waals surface area (Å²) in [4.78, 5) is 15.0. The highest BCUT2D eigenvalue weighted by atomic mass is 16.2. The molecule has 118 valence electrons. The Hall–Kier alpha value is -1.04. The third-order valence-corrected chi connectivity index (χ3v) is 5.56. The van der Waals surface area contributed by atoms with Gasteiger partial charge in [0.05, 0.1) is 6.07 Å². The van der Waals surface area contributed by atoms with Gasteiger partial charge < -0.3 is 4.90 Å². The minimum absolute atomic E-state index is 0.123. The van der Waals surface area contributed by atoms with Crippen LogP contribution in [0.1, 0.15) is 71.6 Å². The van der Waals surface area contributed by atoms with Crippen LogP contribution in [0.3, 0.4) is 0 Å². The van der Waals surface area contributed by atoms with Gasteiger partial charge in [0.15, 0.2) is 0 Å². The van der Waals surface area contributed by atoms with Gasteiger partial charge in [0.25, 0.3) is 0 Å². The van der Waals surface area contributed by atoms with Crippen LogP contribution in [0.5, 0.6) is 0 Å². The average molecular weight is 290 g/mol. The fourth-order valence-electron chi connectivity index (χ4n) is 4.44. The van der Waals surface area contributed by atoms with Gasteiger partial charge in [0, 0.05) is 13.1 Å². The normalized spacial score (nSPS) is 26.0. The molecule has 2 aliphatic rings. The summed E-state index contributed by atoms with van der Waals surface area (Å²) < 4.78 is 0. The lowest BCUT2D eigenvalue weighted by Gasteiger charge is -2.43. The topological polar surface area (TPSA) is 44.1 Å². The van der Waals surface area contributed by atoms with Crippen LogP contribution in [0.2, 0.25) is 0 Å². The number of likely N-dealkylation sites (tertiary alicyclic amines) is 1. The molecule has 0 bridgehead atoms. The molecule has 0 aromatic heterocycles. The highest BCUT2D eigenvalue weighted by Crippen LogP contribution is 2.39. The molecule has 2 unspecified atom stereocenters. The monoisotopic (exact) mass is 290 g/mol. The van der Waals surface area contributed by atoms with Gasteiger partial charge in [-0.3, -0.25) is 4.79 Å². The van der Waals surface area contributed by atoms with Crippen LogP contribution in [-0.4, -0.2) is 23.9 Å². The summed E-state index contributed by atoms with van der Waals surface area (Å²) in [5.74, 6) is 1.64. The van der Waals surface area contributed by atoms with Crippen molar-refractivity contribution >= 4 is 5.91 Å². The molecule has 21 heavy (non-hydrogen) atoms. The van der Waals surface area contributed by atoms with Gasteiger partial charge in [-0.25, -0.2) is 0 Å². The first-order chi connectivity index (χ1) is 10.2. The number of hydrogen-bond acceptors (Lipinski definition) is 2. The first kappa shape index (κ1) is 16.3. The molecule has 3 nitrogen and oxygen atoms in total. The Bertz CT molecular complexity index is 393. The van der Waals surface area contributed by atoms with Gasteiger partial charge in [-0.2, -0.15) is 5.26 Å². The number of hydrogen-bond donors (Lipinski definition) is 0. The molecule has 1 saturated heterocycles. The van der Waals surface area contributed by atoms with Gasteiger partial charge in [-0.15, -0.1) is 0 Å². The number of nitriles is 1. The second-order valence-corrected chi connectivity index (χ2v) is 7.04. The molecule has 1 saturated carbocycles. The molecule has 2 atom stereocenters. The van der Waals surface area contributed by atoms with E-state index in [4.69, 9.17) is 0 Å². The van der Waals surface area contributed by atoms with E-state index in [1.807, 2.05) is 4.90 Å². The quantitative estimate of drug-likeness (QED) is 0.764. The standard InChI is InChI=1S/C18H30N2O/c1-3-10-18(14-19,11-4-2)17(21)20-12-9-15-7-5-6-8-16(15)13-20/h15-16H,3-13H2,1-2H3. The van der Waals surface area contributed by atoms with Crippen molar-refractivity contribution in [3.05, 3.63) is 0 Å². The van der Waals surface area contributed by atoms with Crippen molar-refractivity contribution in [2.24, 2.45) is 17.3 Å². The first-order valence-corrected chi connectivity index (χ1v) is 8.87. The Balaban J connectivity index is 2.08. The van der Waals surface area contributed by atoms with E-state index < -0.39 is 5.41 Å². The molecule has 0 N–H and O–H groups in total. The van der Waals surface area contributed by atoms with E-state index in [1.54, 1.807) is 0 Å². The lowest BCUT2D eigenvalue weighted by Crippen LogP contribution is -2.50. The summed E-state index contributed by atoms with van der Waals surface area (Å²) >= 11 is 0. The summed E-state index contributed by atoms with van der Waals surface area (Å²) in [5.41, 5.74) is -0.759. The van der Waals surface area contributed by atoms with Gasteiger partial charge in [0.1, 0.15) is 5.41 Å². The fraction of sp³-hybridized carbons (Fsp3) is 0.889. The van der Waals surface area contributed by atoms with Crippen LogP contribution in [0.25, 0.3) is 0 Å². The highest BCUT2D eigenvalue weighted by Gasteiger charge is 2.42. The third kappa shape index (κ3) is 3.42. The second-order valence-electron chi connectivity index (χ2n) is 7.04. The average Bonchev–Trinajstić information content (AvgIpc) is 2.53. The largest absolute Gasteiger partial charge is 0.341 e. The van der Waals surface area contributed by atoms with E-state index in [2.05, 4.69) is 19.9 Å². The van der Waals surface area contributed by atoms with Crippen molar-refractivity contribution in [1.82, 2.24) is 4.90 Å². The van der Waals surface area contributed by atoms with Crippen LogP contribution in [0, 0.1) is 28.6 Å². The summed E-state index contributed by atoms with van der Waals surface area (Å²) in [7, 11) is 0. The van der Waals surface area contributed by atoms with Crippen molar-refractivity contribution in [3.8, 4) is 6.07 Å². The Morgan fingerprint density at radius 2 is 1.76 bits per heavy atom. The second kappa shape index (κ2) is 7.29. The maximum absolute atomic E-state index is 13.0. The number of carbonyl (C=O) groups excluding carboxylic acids is 1. The highest BCUT2D eigenvalue weighted by molar-refractivity contribution is 5.85. The molecule has 2 fully saturated rings. The lowest BCUT2D eigenvalue weighted by atomic mass is 9.73. The van der Waals surface area contributed by atoms with Crippen molar-refractivity contribution < 1.29 is 4.79 Å². The molecule has 3 heteroatoms.